The van der Waals surface area contributed by atoms with Gasteiger partial charge in [0.2, 0.25) is 0 Å². The second-order valence-corrected chi connectivity index (χ2v) is 5.56. The lowest BCUT2D eigenvalue weighted by atomic mass is 10.1. The van der Waals surface area contributed by atoms with E-state index in [0.717, 1.165) is 6.54 Å². The van der Waals surface area contributed by atoms with Gasteiger partial charge in [0, 0.05) is 22.3 Å². The normalized spacial score (nSPS) is 13.5. The van der Waals surface area contributed by atoms with Crippen molar-refractivity contribution in [3.05, 3.63) is 21.4 Å². The topological polar surface area (TPSA) is 29.3 Å². The molecule has 1 rings (SSSR count). The standard InChI is InChI=1S/C12H22N2S/c1-5-6-14(4)12(8-13)11-7-9(2)15-10(11)3/h7,12H,5-6,8,13H2,1-4H3. The van der Waals surface area contributed by atoms with Crippen LogP contribution in [0.1, 0.15) is 34.7 Å². The molecule has 1 unspecified atom stereocenters. The molecule has 0 aliphatic carbocycles. The molecule has 0 radical (unpaired) electrons. The van der Waals surface area contributed by atoms with Crippen molar-refractivity contribution in [1.29, 1.82) is 0 Å². The Kier molecular flexibility index (Phi) is 4.77. The highest BCUT2D eigenvalue weighted by molar-refractivity contribution is 7.12. The van der Waals surface area contributed by atoms with Crippen molar-refractivity contribution in [1.82, 2.24) is 4.90 Å². The Morgan fingerprint density at radius 2 is 2.13 bits per heavy atom. The smallest absolute Gasteiger partial charge is 0.0478 e. The van der Waals surface area contributed by atoms with E-state index in [0.29, 0.717) is 12.6 Å². The molecule has 0 aliphatic heterocycles. The first kappa shape index (κ1) is 12.7. The van der Waals surface area contributed by atoms with Crippen molar-refractivity contribution < 1.29 is 0 Å². The Balaban J connectivity index is 2.86. The van der Waals surface area contributed by atoms with E-state index in [9.17, 15) is 0 Å². The Labute approximate surface area is 97.1 Å². The number of likely N-dealkylation sites (N-methyl/N-ethyl adjacent to an activating group) is 1. The highest BCUT2D eigenvalue weighted by Gasteiger charge is 2.18. The maximum Gasteiger partial charge on any atom is 0.0478 e. The van der Waals surface area contributed by atoms with Crippen molar-refractivity contribution >= 4 is 11.3 Å². The summed E-state index contributed by atoms with van der Waals surface area (Å²) in [5.41, 5.74) is 7.29. The SMILES string of the molecule is CCCN(C)C(CN)c1cc(C)sc1C. The zero-order chi connectivity index (χ0) is 11.4. The molecule has 15 heavy (non-hydrogen) atoms. The third-order valence-corrected chi connectivity index (χ3v) is 3.75. The highest BCUT2D eigenvalue weighted by atomic mass is 32.1. The molecule has 2 nitrogen and oxygen atoms in total. The first-order valence-electron chi connectivity index (χ1n) is 5.57. The van der Waals surface area contributed by atoms with Crippen LogP contribution in [0.3, 0.4) is 0 Å². The molecule has 86 valence electrons. The maximum absolute atomic E-state index is 5.88. The molecule has 0 saturated carbocycles. The average molecular weight is 226 g/mol. The Morgan fingerprint density at radius 3 is 2.53 bits per heavy atom. The van der Waals surface area contributed by atoms with Gasteiger partial charge >= 0.3 is 0 Å². The third kappa shape index (κ3) is 3.03. The van der Waals surface area contributed by atoms with Crippen LogP contribution in [0.25, 0.3) is 0 Å². The van der Waals surface area contributed by atoms with Gasteiger partial charge in [-0.05, 0) is 45.5 Å². The summed E-state index contributed by atoms with van der Waals surface area (Å²) in [6, 6.07) is 2.67. The third-order valence-electron chi connectivity index (χ3n) is 2.77. The minimum Gasteiger partial charge on any atom is -0.329 e. The van der Waals surface area contributed by atoms with Gasteiger partial charge in [-0.3, -0.25) is 4.90 Å². The van der Waals surface area contributed by atoms with E-state index >= 15 is 0 Å². The largest absolute Gasteiger partial charge is 0.329 e. The molecule has 0 aromatic carbocycles. The van der Waals surface area contributed by atoms with Gasteiger partial charge < -0.3 is 5.73 Å². The average Bonchev–Trinajstić information content (AvgIpc) is 2.47. The summed E-state index contributed by atoms with van der Waals surface area (Å²) in [6.45, 7) is 8.36. The van der Waals surface area contributed by atoms with Crippen molar-refractivity contribution in [3.63, 3.8) is 0 Å². The van der Waals surface area contributed by atoms with Gasteiger partial charge in [0.25, 0.3) is 0 Å². The van der Waals surface area contributed by atoms with Gasteiger partial charge in [-0.15, -0.1) is 11.3 Å². The van der Waals surface area contributed by atoms with E-state index in [4.69, 9.17) is 5.73 Å². The van der Waals surface area contributed by atoms with Crippen LogP contribution in [0.4, 0.5) is 0 Å². The minimum absolute atomic E-state index is 0.384. The molecule has 0 spiro atoms. The van der Waals surface area contributed by atoms with E-state index in [2.05, 4.69) is 38.8 Å². The summed E-state index contributed by atoms with van der Waals surface area (Å²) < 4.78 is 0. The van der Waals surface area contributed by atoms with Gasteiger partial charge in [0.15, 0.2) is 0 Å². The zero-order valence-corrected chi connectivity index (χ0v) is 11.0. The number of aryl methyl sites for hydroxylation is 2. The molecular formula is C12H22N2S. The van der Waals surface area contributed by atoms with Crippen LogP contribution in [0, 0.1) is 13.8 Å². The fourth-order valence-electron chi connectivity index (χ4n) is 2.03. The number of nitrogens with zero attached hydrogens (tertiary/aromatic N) is 1. The lowest BCUT2D eigenvalue weighted by Gasteiger charge is -2.26. The van der Waals surface area contributed by atoms with Crippen molar-refractivity contribution in [2.24, 2.45) is 5.73 Å². The van der Waals surface area contributed by atoms with Crippen molar-refractivity contribution in [3.8, 4) is 0 Å². The van der Waals surface area contributed by atoms with E-state index in [1.165, 1.54) is 21.7 Å². The van der Waals surface area contributed by atoms with E-state index < -0.39 is 0 Å². The predicted molar refractivity (Wildman–Crippen MR) is 68.5 cm³/mol. The number of thiophene rings is 1. The summed E-state index contributed by atoms with van der Waals surface area (Å²) in [5, 5.41) is 0. The summed E-state index contributed by atoms with van der Waals surface area (Å²) >= 11 is 1.87. The molecule has 0 amide bonds. The van der Waals surface area contributed by atoms with Gasteiger partial charge in [0.05, 0.1) is 0 Å². The highest BCUT2D eigenvalue weighted by Crippen LogP contribution is 2.28. The van der Waals surface area contributed by atoms with E-state index in [1.54, 1.807) is 0 Å². The minimum atomic E-state index is 0.384. The molecule has 3 heteroatoms. The number of hydrogen-bond donors (Lipinski definition) is 1. The van der Waals surface area contributed by atoms with Gasteiger partial charge in [0.1, 0.15) is 0 Å². The van der Waals surface area contributed by atoms with Gasteiger partial charge in [-0.25, -0.2) is 0 Å². The fourth-order valence-corrected chi connectivity index (χ4v) is 3.02. The van der Waals surface area contributed by atoms with Crippen LogP contribution >= 0.6 is 11.3 Å². The van der Waals surface area contributed by atoms with Crippen LogP contribution in [0.15, 0.2) is 6.07 Å². The van der Waals surface area contributed by atoms with E-state index in [-0.39, 0.29) is 0 Å². The number of rotatable bonds is 5. The van der Waals surface area contributed by atoms with Crippen LogP contribution < -0.4 is 5.73 Å². The molecule has 1 heterocycles. The first-order chi connectivity index (χ1) is 7.10. The first-order valence-corrected chi connectivity index (χ1v) is 6.39. The summed E-state index contributed by atoms with van der Waals surface area (Å²) in [7, 11) is 2.16. The van der Waals surface area contributed by atoms with Crippen LogP contribution in [0.2, 0.25) is 0 Å². The molecule has 1 atom stereocenters. The van der Waals surface area contributed by atoms with Crippen LogP contribution in [0.5, 0.6) is 0 Å². The fraction of sp³-hybridized carbons (Fsp3) is 0.667. The Morgan fingerprint density at radius 1 is 1.47 bits per heavy atom. The summed E-state index contributed by atoms with van der Waals surface area (Å²) in [4.78, 5) is 5.14. The lowest BCUT2D eigenvalue weighted by Crippen LogP contribution is -2.31. The monoisotopic (exact) mass is 226 g/mol. The van der Waals surface area contributed by atoms with Gasteiger partial charge in [-0.2, -0.15) is 0 Å². The molecule has 0 fully saturated rings. The summed E-state index contributed by atoms with van der Waals surface area (Å²) in [5.74, 6) is 0. The van der Waals surface area contributed by atoms with Crippen molar-refractivity contribution in [2.45, 2.75) is 33.2 Å². The Hall–Kier alpha value is -0.380. The number of hydrogen-bond acceptors (Lipinski definition) is 3. The maximum atomic E-state index is 5.88. The number of nitrogens with two attached hydrogens (primary N) is 1. The molecule has 0 aliphatic rings. The molecule has 2 N–H and O–H groups in total. The predicted octanol–water partition coefficient (Wildman–Crippen LogP) is 2.71. The van der Waals surface area contributed by atoms with Crippen LogP contribution in [-0.4, -0.2) is 25.0 Å². The van der Waals surface area contributed by atoms with E-state index in [1.807, 2.05) is 11.3 Å². The van der Waals surface area contributed by atoms with Crippen molar-refractivity contribution in [2.75, 3.05) is 20.1 Å². The second kappa shape index (κ2) is 5.64. The Bertz CT molecular complexity index is 307. The second-order valence-electron chi connectivity index (χ2n) is 4.10. The quantitative estimate of drug-likeness (QED) is 0.836. The molecule has 1 aromatic rings. The molecule has 0 saturated heterocycles. The molecule has 1 aromatic heterocycles. The molecular weight excluding hydrogens is 204 g/mol. The van der Waals surface area contributed by atoms with Gasteiger partial charge in [-0.1, -0.05) is 6.92 Å². The lowest BCUT2D eigenvalue weighted by molar-refractivity contribution is 0.250. The van der Waals surface area contributed by atoms with Crippen LogP contribution in [-0.2, 0) is 0 Å². The zero-order valence-electron chi connectivity index (χ0n) is 10.2. The molecule has 0 bridgehead atoms. The summed E-state index contributed by atoms with van der Waals surface area (Å²) in [6.07, 6.45) is 1.18.